The minimum Gasteiger partial charge on any atom is -0.341 e. The lowest BCUT2D eigenvalue weighted by molar-refractivity contribution is -0.131. The van der Waals surface area contributed by atoms with E-state index >= 15 is 0 Å². The van der Waals surface area contributed by atoms with Crippen molar-refractivity contribution in [3.8, 4) is 0 Å². The molecule has 2 N–H and O–H groups in total. The van der Waals surface area contributed by atoms with E-state index in [-0.39, 0.29) is 35.4 Å². The summed E-state index contributed by atoms with van der Waals surface area (Å²) in [5.41, 5.74) is 7.68. The van der Waals surface area contributed by atoms with Crippen LogP contribution in [-0.4, -0.2) is 30.4 Å². The smallest absolute Gasteiger partial charge is 0.226 e. The van der Waals surface area contributed by atoms with Crippen LogP contribution in [-0.2, 0) is 4.79 Å². The fourth-order valence-corrected chi connectivity index (χ4v) is 4.56. The van der Waals surface area contributed by atoms with Crippen molar-refractivity contribution >= 4 is 17.5 Å². The largest absolute Gasteiger partial charge is 0.341 e. The third kappa shape index (κ3) is 3.12. The Kier molecular flexibility index (Phi) is 4.72. The van der Waals surface area contributed by atoms with E-state index in [2.05, 4.69) is 12.1 Å². The Bertz CT molecular complexity index is 793. The summed E-state index contributed by atoms with van der Waals surface area (Å²) in [7, 11) is 0. The lowest BCUT2D eigenvalue weighted by Crippen LogP contribution is -2.31. The van der Waals surface area contributed by atoms with Gasteiger partial charge in [0.25, 0.3) is 0 Å². The van der Waals surface area contributed by atoms with Crippen molar-refractivity contribution in [1.82, 2.24) is 4.90 Å². The first kappa shape index (κ1) is 17.5. The van der Waals surface area contributed by atoms with Gasteiger partial charge in [-0.25, -0.2) is 4.39 Å². The predicted octanol–water partition coefficient (Wildman–Crippen LogP) is 3.78. The number of halogens is 2. The van der Waals surface area contributed by atoms with Crippen LogP contribution >= 0.6 is 11.6 Å². The summed E-state index contributed by atoms with van der Waals surface area (Å²) in [5.74, 6) is 0.0306. The van der Waals surface area contributed by atoms with Crippen LogP contribution in [0, 0.1) is 17.7 Å². The Balaban J connectivity index is 1.48. The summed E-state index contributed by atoms with van der Waals surface area (Å²) in [6.07, 6.45) is 0.666. The molecule has 136 valence electrons. The van der Waals surface area contributed by atoms with Crippen LogP contribution in [0.15, 0.2) is 48.5 Å². The molecule has 2 aromatic carbocycles. The van der Waals surface area contributed by atoms with Gasteiger partial charge in [-0.1, -0.05) is 48.0 Å². The molecule has 3 nitrogen and oxygen atoms in total. The minimum atomic E-state index is -0.318. The van der Waals surface area contributed by atoms with Gasteiger partial charge in [0, 0.05) is 41.4 Å². The number of benzene rings is 2. The molecular formula is C21H22ClFN2O. The topological polar surface area (TPSA) is 46.3 Å². The van der Waals surface area contributed by atoms with Gasteiger partial charge < -0.3 is 10.6 Å². The number of nitrogens with zero attached hydrogens (tertiary/aromatic N) is 1. The molecule has 1 aliphatic carbocycles. The van der Waals surface area contributed by atoms with Crippen molar-refractivity contribution < 1.29 is 9.18 Å². The summed E-state index contributed by atoms with van der Waals surface area (Å²) in [4.78, 5) is 14.9. The van der Waals surface area contributed by atoms with Crippen molar-refractivity contribution in [2.24, 2.45) is 17.6 Å². The second kappa shape index (κ2) is 7.01. The number of hydrogen-bond acceptors (Lipinski definition) is 2. The third-order valence-corrected chi connectivity index (χ3v) is 6.09. The van der Waals surface area contributed by atoms with Crippen molar-refractivity contribution in [2.75, 3.05) is 19.6 Å². The highest BCUT2D eigenvalue weighted by molar-refractivity contribution is 6.31. The number of nitrogens with two attached hydrogens (primary N) is 1. The number of carbonyl (C=O) groups is 1. The van der Waals surface area contributed by atoms with Gasteiger partial charge in [-0.2, -0.15) is 0 Å². The van der Waals surface area contributed by atoms with E-state index in [9.17, 15) is 9.18 Å². The maximum Gasteiger partial charge on any atom is 0.226 e. The van der Waals surface area contributed by atoms with E-state index in [1.807, 2.05) is 23.1 Å². The number of rotatable bonds is 4. The standard InChI is InChI=1S/C21H22ClFN2O/c22-18-7-4-8-19(23)20(18)15-9-16(15)21(26)25-11-14(10-24)17(12-25)13-5-2-1-3-6-13/h1-8,14-17H,9-12,24H2/t14-,15?,16?,17+/m1/s1. The van der Waals surface area contributed by atoms with E-state index in [0.29, 0.717) is 36.6 Å². The average Bonchev–Trinajstić information content (AvgIpc) is 3.30. The van der Waals surface area contributed by atoms with Crippen molar-refractivity contribution in [1.29, 1.82) is 0 Å². The molecule has 0 aromatic heterocycles. The Labute approximate surface area is 157 Å². The van der Waals surface area contributed by atoms with Crippen LogP contribution in [0.25, 0.3) is 0 Å². The van der Waals surface area contributed by atoms with Crippen molar-refractivity contribution in [3.05, 3.63) is 70.5 Å². The van der Waals surface area contributed by atoms with Gasteiger partial charge in [0.2, 0.25) is 5.91 Å². The fraction of sp³-hybridized carbons (Fsp3) is 0.381. The SMILES string of the molecule is NC[C@@H]1CN(C(=O)C2CC2c2c(F)cccc2Cl)C[C@H]1c1ccccc1. The van der Waals surface area contributed by atoms with E-state index in [4.69, 9.17) is 17.3 Å². The molecule has 0 spiro atoms. The molecule has 1 aliphatic heterocycles. The first-order valence-corrected chi connectivity index (χ1v) is 9.45. The maximum atomic E-state index is 14.1. The first-order valence-electron chi connectivity index (χ1n) is 9.08. The number of amides is 1. The second-order valence-electron chi connectivity index (χ2n) is 7.34. The molecule has 4 atom stereocenters. The molecule has 2 aliphatic rings. The predicted molar refractivity (Wildman–Crippen MR) is 101 cm³/mol. The average molecular weight is 373 g/mol. The van der Waals surface area contributed by atoms with Crippen molar-refractivity contribution in [2.45, 2.75) is 18.3 Å². The minimum absolute atomic E-state index is 0.103. The van der Waals surface area contributed by atoms with E-state index in [0.717, 1.165) is 0 Å². The monoisotopic (exact) mass is 372 g/mol. The molecule has 2 aromatic rings. The van der Waals surface area contributed by atoms with Gasteiger partial charge >= 0.3 is 0 Å². The van der Waals surface area contributed by atoms with Gasteiger partial charge in [0.15, 0.2) is 0 Å². The molecule has 1 heterocycles. The second-order valence-corrected chi connectivity index (χ2v) is 7.75. The van der Waals surface area contributed by atoms with Crippen LogP contribution < -0.4 is 5.73 Å². The highest BCUT2D eigenvalue weighted by atomic mass is 35.5. The molecule has 1 amide bonds. The van der Waals surface area contributed by atoms with Crippen LogP contribution in [0.3, 0.4) is 0 Å². The van der Waals surface area contributed by atoms with Gasteiger partial charge in [0.1, 0.15) is 5.82 Å². The Morgan fingerprint density at radius 3 is 2.58 bits per heavy atom. The fourth-order valence-electron chi connectivity index (χ4n) is 4.25. The zero-order valence-electron chi connectivity index (χ0n) is 14.4. The summed E-state index contributed by atoms with van der Waals surface area (Å²) in [5, 5.41) is 0.411. The Morgan fingerprint density at radius 2 is 1.88 bits per heavy atom. The molecule has 0 radical (unpaired) electrons. The summed E-state index contributed by atoms with van der Waals surface area (Å²) in [6, 6.07) is 14.9. The highest BCUT2D eigenvalue weighted by Gasteiger charge is 2.49. The number of likely N-dealkylation sites (tertiary alicyclic amines) is 1. The molecule has 1 saturated heterocycles. The van der Waals surface area contributed by atoms with Crippen LogP contribution in [0.2, 0.25) is 5.02 Å². The normalized spacial score (nSPS) is 27.6. The van der Waals surface area contributed by atoms with Gasteiger partial charge in [-0.05, 0) is 36.6 Å². The lowest BCUT2D eigenvalue weighted by atomic mass is 9.89. The quantitative estimate of drug-likeness (QED) is 0.887. The molecule has 0 bridgehead atoms. The Morgan fingerprint density at radius 1 is 1.12 bits per heavy atom. The summed E-state index contributed by atoms with van der Waals surface area (Å²) >= 11 is 6.16. The van der Waals surface area contributed by atoms with E-state index in [1.54, 1.807) is 12.1 Å². The maximum absolute atomic E-state index is 14.1. The van der Waals surface area contributed by atoms with Crippen LogP contribution in [0.4, 0.5) is 4.39 Å². The molecule has 2 fully saturated rings. The first-order chi connectivity index (χ1) is 12.6. The molecule has 1 saturated carbocycles. The third-order valence-electron chi connectivity index (χ3n) is 5.76. The zero-order chi connectivity index (χ0) is 18.3. The highest BCUT2D eigenvalue weighted by Crippen LogP contribution is 2.52. The molecule has 5 heteroatoms. The molecular weight excluding hydrogens is 351 g/mol. The van der Waals surface area contributed by atoms with E-state index < -0.39 is 0 Å². The molecule has 4 rings (SSSR count). The lowest BCUT2D eigenvalue weighted by Gasteiger charge is -2.17. The molecule has 2 unspecified atom stereocenters. The summed E-state index contributed by atoms with van der Waals surface area (Å²) in [6.45, 7) is 1.90. The zero-order valence-corrected chi connectivity index (χ0v) is 15.2. The van der Waals surface area contributed by atoms with Gasteiger partial charge in [0.05, 0.1) is 0 Å². The van der Waals surface area contributed by atoms with Crippen molar-refractivity contribution in [3.63, 3.8) is 0 Å². The number of hydrogen-bond donors (Lipinski definition) is 1. The van der Waals surface area contributed by atoms with Gasteiger partial charge in [-0.15, -0.1) is 0 Å². The van der Waals surface area contributed by atoms with Crippen LogP contribution in [0.5, 0.6) is 0 Å². The Hall–Kier alpha value is -1.91. The van der Waals surface area contributed by atoms with Gasteiger partial charge in [-0.3, -0.25) is 4.79 Å². The van der Waals surface area contributed by atoms with E-state index in [1.165, 1.54) is 11.6 Å². The number of carbonyl (C=O) groups excluding carboxylic acids is 1. The molecule has 26 heavy (non-hydrogen) atoms. The summed E-state index contributed by atoms with van der Waals surface area (Å²) < 4.78 is 14.1. The van der Waals surface area contributed by atoms with Crippen LogP contribution in [0.1, 0.15) is 29.4 Å².